The molecule has 134 valence electrons. The van der Waals surface area contributed by atoms with Crippen LogP contribution in [0.25, 0.3) is 11.5 Å². The largest absolute Gasteiger partial charge is 0.460 e. The van der Waals surface area contributed by atoms with E-state index in [1.807, 2.05) is 24.0 Å². The van der Waals surface area contributed by atoms with Gasteiger partial charge in [-0.25, -0.2) is 0 Å². The fraction of sp³-hybridized carbons (Fsp3) is 0.579. The summed E-state index contributed by atoms with van der Waals surface area (Å²) in [5.74, 6) is 1.53. The van der Waals surface area contributed by atoms with Crippen molar-refractivity contribution in [3.05, 3.63) is 29.7 Å². The zero-order chi connectivity index (χ0) is 17.4. The number of H-pyrrole nitrogens is 1. The summed E-state index contributed by atoms with van der Waals surface area (Å²) < 4.78 is 11.3. The number of ether oxygens (including phenoxy) is 1. The van der Waals surface area contributed by atoms with E-state index in [1.165, 1.54) is 6.42 Å². The molecule has 1 amide bonds. The third-order valence-electron chi connectivity index (χ3n) is 5.81. The molecule has 3 heterocycles. The zero-order valence-electron chi connectivity index (χ0n) is 14.9. The van der Waals surface area contributed by atoms with E-state index in [9.17, 15) is 4.79 Å². The van der Waals surface area contributed by atoms with Crippen LogP contribution in [0.3, 0.4) is 0 Å². The average molecular weight is 343 g/mol. The number of hydrogen-bond acceptors (Lipinski definition) is 4. The van der Waals surface area contributed by atoms with Crippen LogP contribution in [0.1, 0.15) is 48.4 Å². The molecule has 0 radical (unpaired) electrons. The molecule has 2 fully saturated rings. The zero-order valence-corrected chi connectivity index (χ0v) is 14.9. The summed E-state index contributed by atoms with van der Waals surface area (Å²) in [6.07, 6.45) is 5.87. The van der Waals surface area contributed by atoms with Crippen molar-refractivity contribution in [3.63, 3.8) is 0 Å². The maximum atomic E-state index is 13.0. The molecule has 1 saturated heterocycles. The number of aromatic amines is 1. The van der Waals surface area contributed by atoms with Crippen LogP contribution in [0.5, 0.6) is 0 Å². The maximum Gasteiger partial charge on any atom is 0.274 e. The molecule has 0 aromatic carbocycles. The molecule has 1 aliphatic heterocycles. The Bertz CT molecular complexity index is 766. The number of piperidine rings is 1. The highest BCUT2D eigenvalue weighted by Crippen LogP contribution is 2.46. The third-order valence-corrected chi connectivity index (χ3v) is 5.81. The van der Waals surface area contributed by atoms with Gasteiger partial charge in [-0.1, -0.05) is 6.42 Å². The Morgan fingerprint density at radius 1 is 1.40 bits per heavy atom. The van der Waals surface area contributed by atoms with Gasteiger partial charge in [0.15, 0.2) is 11.5 Å². The molecule has 2 aromatic rings. The van der Waals surface area contributed by atoms with Crippen molar-refractivity contribution in [1.82, 2.24) is 15.1 Å². The van der Waals surface area contributed by atoms with Gasteiger partial charge in [-0.15, -0.1) is 0 Å². The van der Waals surface area contributed by atoms with E-state index in [1.54, 1.807) is 13.2 Å². The lowest BCUT2D eigenvalue weighted by Gasteiger charge is -2.43. The quantitative estimate of drug-likeness (QED) is 0.927. The fourth-order valence-electron chi connectivity index (χ4n) is 4.57. The minimum Gasteiger partial charge on any atom is -0.460 e. The van der Waals surface area contributed by atoms with Gasteiger partial charge in [-0.2, -0.15) is 5.10 Å². The molecule has 1 aliphatic carbocycles. The first-order chi connectivity index (χ1) is 12.1. The monoisotopic (exact) mass is 343 g/mol. The topological polar surface area (TPSA) is 71.4 Å². The molecule has 0 unspecified atom stereocenters. The Kier molecular flexibility index (Phi) is 4.15. The molecule has 6 heteroatoms. The Hall–Kier alpha value is -2.08. The predicted molar refractivity (Wildman–Crippen MR) is 93.2 cm³/mol. The van der Waals surface area contributed by atoms with Gasteiger partial charge in [0.05, 0.1) is 6.10 Å². The minimum absolute atomic E-state index is 0.00777. The van der Waals surface area contributed by atoms with Crippen molar-refractivity contribution >= 4 is 5.91 Å². The minimum atomic E-state index is -0.00777. The molecule has 1 saturated carbocycles. The highest BCUT2D eigenvalue weighted by atomic mass is 16.5. The highest BCUT2D eigenvalue weighted by molar-refractivity contribution is 5.93. The second-order valence-corrected chi connectivity index (χ2v) is 7.39. The molecule has 1 N–H and O–H groups in total. The smallest absolute Gasteiger partial charge is 0.274 e. The molecule has 2 aromatic heterocycles. The lowest BCUT2D eigenvalue weighted by molar-refractivity contribution is -0.0296. The number of likely N-dealkylation sites (tertiary alicyclic amines) is 1. The summed E-state index contributed by atoms with van der Waals surface area (Å²) in [7, 11) is 1.80. The van der Waals surface area contributed by atoms with Crippen molar-refractivity contribution in [3.8, 4) is 11.5 Å². The number of furan rings is 1. The van der Waals surface area contributed by atoms with Crippen LogP contribution in [0, 0.1) is 12.3 Å². The van der Waals surface area contributed by atoms with E-state index < -0.39 is 0 Å². The first kappa shape index (κ1) is 16.4. The summed E-state index contributed by atoms with van der Waals surface area (Å²) in [5, 5.41) is 7.14. The number of nitrogens with zero attached hydrogens (tertiary/aromatic N) is 2. The van der Waals surface area contributed by atoms with Gasteiger partial charge in [0, 0.05) is 31.7 Å². The van der Waals surface area contributed by atoms with Crippen LogP contribution >= 0.6 is 0 Å². The fourth-order valence-corrected chi connectivity index (χ4v) is 4.57. The first-order valence-electron chi connectivity index (χ1n) is 9.06. The van der Waals surface area contributed by atoms with Gasteiger partial charge < -0.3 is 14.1 Å². The SMILES string of the molecule is CO[C@@H]1CCC[C@]12CCCN(C(=O)c1cc(-c3ccc(C)o3)[nH]n1)C2. The number of hydrogen-bond donors (Lipinski definition) is 1. The molecule has 1 spiro atoms. The lowest BCUT2D eigenvalue weighted by Crippen LogP contribution is -2.49. The molecule has 6 nitrogen and oxygen atoms in total. The van der Waals surface area contributed by atoms with Crippen LogP contribution in [0.4, 0.5) is 0 Å². The lowest BCUT2D eigenvalue weighted by atomic mass is 9.76. The van der Waals surface area contributed by atoms with E-state index >= 15 is 0 Å². The van der Waals surface area contributed by atoms with E-state index in [-0.39, 0.29) is 17.4 Å². The summed E-state index contributed by atoms with van der Waals surface area (Å²) in [5.41, 5.74) is 1.31. The summed E-state index contributed by atoms with van der Waals surface area (Å²) in [6, 6.07) is 5.57. The van der Waals surface area contributed by atoms with Crippen LogP contribution in [0.15, 0.2) is 22.6 Å². The van der Waals surface area contributed by atoms with Crippen LogP contribution in [-0.2, 0) is 4.74 Å². The number of amides is 1. The van der Waals surface area contributed by atoms with E-state index in [2.05, 4.69) is 10.2 Å². The molecule has 25 heavy (non-hydrogen) atoms. The Morgan fingerprint density at radius 2 is 2.24 bits per heavy atom. The number of aromatic nitrogens is 2. The van der Waals surface area contributed by atoms with Gasteiger partial charge >= 0.3 is 0 Å². The predicted octanol–water partition coefficient (Wildman–Crippen LogP) is 3.40. The van der Waals surface area contributed by atoms with Crippen molar-refractivity contribution in [2.24, 2.45) is 5.41 Å². The summed E-state index contributed by atoms with van der Waals surface area (Å²) in [4.78, 5) is 14.9. The number of rotatable bonds is 3. The number of nitrogens with one attached hydrogen (secondary N) is 1. The van der Waals surface area contributed by atoms with Crippen LogP contribution < -0.4 is 0 Å². The second-order valence-electron chi connectivity index (χ2n) is 7.39. The molecule has 2 aliphatic rings. The molecule has 2 atom stereocenters. The van der Waals surface area contributed by atoms with Gasteiger partial charge in [-0.3, -0.25) is 9.89 Å². The second kappa shape index (κ2) is 6.33. The Labute approximate surface area is 147 Å². The Balaban J connectivity index is 1.52. The van der Waals surface area contributed by atoms with Gasteiger partial charge in [0.2, 0.25) is 0 Å². The van der Waals surface area contributed by atoms with Gasteiger partial charge in [0.25, 0.3) is 5.91 Å². The number of aryl methyl sites for hydroxylation is 1. The third kappa shape index (κ3) is 2.88. The highest BCUT2D eigenvalue weighted by Gasteiger charge is 2.46. The normalized spacial score (nSPS) is 26.5. The van der Waals surface area contributed by atoms with Crippen molar-refractivity contribution in [1.29, 1.82) is 0 Å². The summed E-state index contributed by atoms with van der Waals surface area (Å²) >= 11 is 0. The first-order valence-corrected chi connectivity index (χ1v) is 9.06. The number of methoxy groups -OCH3 is 1. The van der Waals surface area contributed by atoms with E-state index in [0.29, 0.717) is 11.5 Å². The van der Waals surface area contributed by atoms with Crippen molar-refractivity contribution in [2.75, 3.05) is 20.2 Å². The van der Waals surface area contributed by atoms with Crippen LogP contribution in [0.2, 0.25) is 0 Å². The van der Waals surface area contributed by atoms with Crippen molar-refractivity contribution in [2.45, 2.75) is 45.1 Å². The summed E-state index contributed by atoms with van der Waals surface area (Å²) in [6.45, 7) is 3.46. The average Bonchev–Trinajstić information content (AvgIpc) is 3.34. The van der Waals surface area contributed by atoms with Crippen LogP contribution in [-0.4, -0.2) is 47.3 Å². The van der Waals surface area contributed by atoms with Gasteiger partial charge in [0.1, 0.15) is 11.5 Å². The standard InChI is InChI=1S/C19H25N3O3/c1-13-6-7-16(25-13)14-11-15(21-20-14)18(23)22-10-4-9-19(12-22)8-3-5-17(19)24-2/h6-7,11,17H,3-5,8-10,12H2,1-2H3,(H,20,21)/t17-,19-/m1/s1. The van der Waals surface area contributed by atoms with Crippen molar-refractivity contribution < 1.29 is 13.9 Å². The van der Waals surface area contributed by atoms with E-state index in [4.69, 9.17) is 9.15 Å². The number of carbonyl (C=O) groups excluding carboxylic acids is 1. The maximum absolute atomic E-state index is 13.0. The Morgan fingerprint density at radius 3 is 3.00 bits per heavy atom. The molecular weight excluding hydrogens is 318 g/mol. The molecular formula is C19H25N3O3. The molecule has 4 rings (SSSR count). The molecule has 0 bridgehead atoms. The van der Waals surface area contributed by atoms with Gasteiger partial charge in [-0.05, 0) is 44.7 Å². The number of carbonyl (C=O) groups is 1. The van der Waals surface area contributed by atoms with E-state index in [0.717, 1.165) is 50.2 Å².